The molecule has 0 heteroatoms. The minimum atomic E-state index is 0.513. The molecule has 0 aromatic heterocycles. The Kier molecular flexibility index (Phi) is 5.10. The minimum absolute atomic E-state index is 0.513. The van der Waals surface area contributed by atoms with E-state index in [1.54, 1.807) is 5.57 Å². The average molecular weight is 465 g/mol. The van der Waals surface area contributed by atoms with E-state index >= 15 is 0 Å². The zero-order valence-electron chi connectivity index (χ0n) is 21.1. The summed E-state index contributed by atoms with van der Waals surface area (Å²) >= 11 is 0. The molecular formula is C36H32. The lowest BCUT2D eigenvalue weighted by Crippen LogP contribution is -2.05. The van der Waals surface area contributed by atoms with Crippen LogP contribution < -0.4 is 0 Å². The van der Waals surface area contributed by atoms with Crippen LogP contribution in [-0.4, -0.2) is 0 Å². The van der Waals surface area contributed by atoms with Gasteiger partial charge in [-0.25, -0.2) is 0 Å². The minimum Gasteiger partial charge on any atom is -0.0911 e. The highest BCUT2D eigenvalue weighted by Gasteiger charge is 2.26. The molecule has 5 aliphatic carbocycles. The lowest BCUT2D eigenvalue weighted by molar-refractivity contribution is 0.849. The fourth-order valence-electron chi connectivity index (χ4n) is 6.78. The van der Waals surface area contributed by atoms with Gasteiger partial charge in [-0.05, 0) is 123 Å². The Morgan fingerprint density at radius 1 is 0.833 bits per heavy atom. The highest BCUT2D eigenvalue weighted by molar-refractivity contribution is 6.01. The van der Waals surface area contributed by atoms with Crippen LogP contribution in [0.2, 0.25) is 0 Å². The second kappa shape index (κ2) is 8.49. The summed E-state index contributed by atoms with van der Waals surface area (Å²) < 4.78 is 0. The molecule has 0 radical (unpaired) electrons. The molecule has 0 spiro atoms. The lowest BCUT2D eigenvalue weighted by atomic mass is 9.82. The molecule has 1 unspecified atom stereocenters. The summed E-state index contributed by atoms with van der Waals surface area (Å²) in [6, 6.07) is 16.0. The van der Waals surface area contributed by atoms with Gasteiger partial charge in [0.1, 0.15) is 0 Å². The third-order valence-electron chi connectivity index (χ3n) is 8.66. The zero-order chi connectivity index (χ0) is 24.2. The van der Waals surface area contributed by atoms with Gasteiger partial charge in [0.05, 0.1) is 0 Å². The topological polar surface area (TPSA) is 0 Å². The normalized spacial score (nSPS) is 22.3. The highest BCUT2D eigenvalue weighted by atomic mass is 14.3. The number of aryl methyl sites for hydroxylation is 1. The molecule has 36 heavy (non-hydrogen) atoms. The molecule has 7 rings (SSSR count). The van der Waals surface area contributed by atoms with Gasteiger partial charge in [0.2, 0.25) is 0 Å². The molecule has 2 aromatic carbocycles. The Balaban J connectivity index is 1.25. The van der Waals surface area contributed by atoms with Crippen LogP contribution in [0, 0.1) is 5.92 Å². The summed E-state index contributed by atoms with van der Waals surface area (Å²) in [7, 11) is 0. The molecule has 1 atom stereocenters. The van der Waals surface area contributed by atoms with E-state index in [9.17, 15) is 0 Å². The molecule has 0 saturated heterocycles. The second-order valence-electron chi connectivity index (χ2n) is 10.8. The number of hydrogen-bond donors (Lipinski definition) is 0. The van der Waals surface area contributed by atoms with Crippen LogP contribution in [-0.2, 0) is 6.42 Å². The first-order valence-corrected chi connectivity index (χ1v) is 13.5. The van der Waals surface area contributed by atoms with E-state index in [-0.39, 0.29) is 0 Å². The second-order valence-corrected chi connectivity index (χ2v) is 10.8. The SMILES string of the molecule is C=C1C=C(C2=CCC3=C(C=C2)CCc2ccc(C4=CC(C)C5=C4CCCC=C5)cc23)c2ccccc21. The predicted molar refractivity (Wildman–Crippen MR) is 154 cm³/mol. The van der Waals surface area contributed by atoms with E-state index in [1.807, 2.05) is 0 Å². The van der Waals surface area contributed by atoms with E-state index < -0.39 is 0 Å². The smallest absolute Gasteiger partial charge is 0.000170 e. The van der Waals surface area contributed by atoms with E-state index in [0.29, 0.717) is 5.92 Å². The number of benzene rings is 2. The van der Waals surface area contributed by atoms with Crippen LogP contribution in [0.15, 0.2) is 114 Å². The van der Waals surface area contributed by atoms with Gasteiger partial charge < -0.3 is 0 Å². The van der Waals surface area contributed by atoms with Gasteiger partial charge in [0.15, 0.2) is 0 Å². The van der Waals surface area contributed by atoms with Crippen LogP contribution in [0.5, 0.6) is 0 Å². The fourth-order valence-corrected chi connectivity index (χ4v) is 6.78. The van der Waals surface area contributed by atoms with E-state index in [4.69, 9.17) is 0 Å². The van der Waals surface area contributed by atoms with Gasteiger partial charge in [0, 0.05) is 5.92 Å². The Morgan fingerprint density at radius 2 is 1.72 bits per heavy atom. The monoisotopic (exact) mass is 464 g/mol. The maximum absolute atomic E-state index is 4.30. The van der Waals surface area contributed by atoms with Crippen molar-refractivity contribution in [2.24, 2.45) is 5.92 Å². The Labute approximate surface area is 215 Å². The average Bonchev–Trinajstić information content (AvgIpc) is 3.18. The van der Waals surface area contributed by atoms with Gasteiger partial charge in [-0.1, -0.05) is 86.4 Å². The van der Waals surface area contributed by atoms with Crippen molar-refractivity contribution in [1.82, 2.24) is 0 Å². The molecule has 0 bridgehead atoms. The maximum atomic E-state index is 4.30. The van der Waals surface area contributed by atoms with Crippen molar-refractivity contribution in [3.8, 4) is 0 Å². The highest BCUT2D eigenvalue weighted by Crippen LogP contribution is 2.45. The van der Waals surface area contributed by atoms with Gasteiger partial charge >= 0.3 is 0 Å². The van der Waals surface area contributed by atoms with Crippen LogP contribution in [0.1, 0.15) is 66.8 Å². The molecule has 0 N–H and O–H groups in total. The van der Waals surface area contributed by atoms with Crippen LogP contribution >= 0.6 is 0 Å². The first-order valence-electron chi connectivity index (χ1n) is 13.5. The quantitative estimate of drug-likeness (QED) is 0.415. The predicted octanol–water partition coefficient (Wildman–Crippen LogP) is 9.45. The summed E-state index contributed by atoms with van der Waals surface area (Å²) in [5.74, 6) is 0.513. The molecule has 0 amide bonds. The van der Waals surface area contributed by atoms with Crippen molar-refractivity contribution < 1.29 is 0 Å². The third-order valence-corrected chi connectivity index (χ3v) is 8.66. The number of rotatable bonds is 2. The number of hydrogen-bond acceptors (Lipinski definition) is 0. The molecule has 176 valence electrons. The molecule has 0 saturated carbocycles. The zero-order valence-corrected chi connectivity index (χ0v) is 21.1. The third kappa shape index (κ3) is 3.43. The van der Waals surface area contributed by atoms with Gasteiger partial charge in [0.25, 0.3) is 0 Å². The summed E-state index contributed by atoms with van der Waals surface area (Å²) in [6.07, 6.45) is 23.6. The maximum Gasteiger partial charge on any atom is 0.000170 e. The number of allylic oxidation sites excluding steroid dienone is 15. The molecule has 0 nitrogen and oxygen atoms in total. The summed E-state index contributed by atoms with van der Waals surface area (Å²) in [5, 5.41) is 0. The molecule has 0 heterocycles. The van der Waals surface area contributed by atoms with Gasteiger partial charge in [-0.2, -0.15) is 0 Å². The molecule has 0 aliphatic heterocycles. The Hall–Kier alpha value is -3.64. The van der Waals surface area contributed by atoms with Crippen molar-refractivity contribution in [2.45, 2.75) is 45.4 Å². The molecule has 2 aromatic rings. The first-order chi connectivity index (χ1) is 17.7. The molecule has 5 aliphatic rings. The standard InChI is InChI=1S/C36H32/c1-23-20-34(32-11-7-6-9-30(23)32)27-15-13-25-12-14-26-16-17-28(22-36(26)31(25)19-18-27)35-21-24(2)29-8-4-3-5-10-33(29)35/h4,6-9,11,13,15-18,20-22,24H,1,3,5,10,12,14,19H2,2H3. The first kappa shape index (κ1) is 21.6. The van der Waals surface area contributed by atoms with Crippen molar-refractivity contribution >= 4 is 22.3 Å². The van der Waals surface area contributed by atoms with Crippen molar-refractivity contribution in [1.29, 1.82) is 0 Å². The molecule has 0 fully saturated rings. The Morgan fingerprint density at radius 3 is 2.64 bits per heavy atom. The fraction of sp³-hybridized carbons (Fsp3) is 0.222. The summed E-state index contributed by atoms with van der Waals surface area (Å²) in [5.41, 5.74) is 18.3. The largest absolute Gasteiger partial charge is 0.0911 e. The number of fused-ring (bicyclic) bond motifs is 3. The van der Waals surface area contributed by atoms with E-state index in [2.05, 4.69) is 98.5 Å². The van der Waals surface area contributed by atoms with E-state index in [0.717, 1.165) is 24.8 Å². The lowest BCUT2D eigenvalue weighted by Gasteiger charge is -2.22. The summed E-state index contributed by atoms with van der Waals surface area (Å²) in [6.45, 7) is 6.65. The van der Waals surface area contributed by atoms with Crippen LogP contribution in [0.4, 0.5) is 0 Å². The van der Waals surface area contributed by atoms with Crippen molar-refractivity contribution in [3.05, 3.63) is 142 Å². The van der Waals surface area contributed by atoms with Crippen molar-refractivity contribution in [3.63, 3.8) is 0 Å². The van der Waals surface area contributed by atoms with Gasteiger partial charge in [-0.3, -0.25) is 0 Å². The van der Waals surface area contributed by atoms with E-state index in [1.165, 1.54) is 80.5 Å². The van der Waals surface area contributed by atoms with Crippen LogP contribution in [0.3, 0.4) is 0 Å². The molecular weight excluding hydrogens is 432 g/mol. The van der Waals surface area contributed by atoms with Gasteiger partial charge in [-0.15, -0.1) is 0 Å². The van der Waals surface area contributed by atoms with Crippen LogP contribution in [0.25, 0.3) is 22.3 Å². The Bertz CT molecular complexity index is 1540. The van der Waals surface area contributed by atoms with Crippen molar-refractivity contribution in [2.75, 3.05) is 0 Å². The summed E-state index contributed by atoms with van der Waals surface area (Å²) in [4.78, 5) is 0.